The van der Waals surface area contributed by atoms with Crippen LogP contribution in [-0.4, -0.2) is 19.1 Å². The third-order valence-corrected chi connectivity index (χ3v) is 10.1. The van der Waals surface area contributed by atoms with Crippen LogP contribution < -0.4 is 0 Å². The average molecular weight is 653 g/mol. The van der Waals surface area contributed by atoms with E-state index in [4.69, 9.17) is 14.4 Å². The number of aromatic nitrogens is 4. The van der Waals surface area contributed by atoms with Crippen LogP contribution in [0.1, 0.15) is 0 Å². The predicted molar refractivity (Wildman–Crippen MR) is 209 cm³/mol. The van der Waals surface area contributed by atoms with Crippen molar-refractivity contribution in [3.8, 4) is 34.0 Å². The molecule has 0 radical (unpaired) electrons. The second kappa shape index (κ2) is 10.8. The van der Waals surface area contributed by atoms with Gasteiger partial charge in [-0.3, -0.25) is 0 Å². The summed E-state index contributed by atoms with van der Waals surface area (Å²) in [6, 6.07) is 59.6. The van der Waals surface area contributed by atoms with Crippen molar-refractivity contribution in [3.05, 3.63) is 170 Å². The minimum Gasteiger partial charge on any atom is -0.452 e. The van der Waals surface area contributed by atoms with Gasteiger partial charge in [0.1, 0.15) is 16.8 Å². The van der Waals surface area contributed by atoms with Crippen LogP contribution >= 0.6 is 0 Å². The lowest BCUT2D eigenvalue weighted by molar-refractivity contribution is 0.667. The van der Waals surface area contributed by atoms with Gasteiger partial charge >= 0.3 is 0 Å². The maximum absolute atomic E-state index is 6.59. The van der Waals surface area contributed by atoms with E-state index in [0.717, 1.165) is 55.7 Å². The van der Waals surface area contributed by atoms with Crippen LogP contribution in [0, 0.1) is 0 Å². The second-order valence-electron chi connectivity index (χ2n) is 13.0. The Morgan fingerprint density at radius 2 is 0.902 bits per heavy atom. The Balaban J connectivity index is 1.19. The SMILES string of the molecule is c1ccc(-c2nc(-c3ccccc3)c3oc4ccc(-n5c6ccccc6c6ccc(-n7c8ccccc8c8ccccc87)cc65)cc4c3n2)cc1. The van der Waals surface area contributed by atoms with Gasteiger partial charge in [-0.1, -0.05) is 121 Å². The van der Waals surface area contributed by atoms with Crippen LogP contribution in [0.4, 0.5) is 0 Å². The molecule has 51 heavy (non-hydrogen) atoms. The molecular formula is C46H28N4O. The van der Waals surface area contributed by atoms with E-state index in [9.17, 15) is 0 Å². The molecule has 0 bridgehead atoms. The monoisotopic (exact) mass is 652 g/mol. The van der Waals surface area contributed by atoms with Gasteiger partial charge in [-0.25, -0.2) is 9.97 Å². The fourth-order valence-corrected chi connectivity index (χ4v) is 7.86. The normalized spacial score (nSPS) is 11.9. The molecule has 0 aliphatic carbocycles. The summed E-state index contributed by atoms with van der Waals surface area (Å²) >= 11 is 0. The van der Waals surface area contributed by atoms with Crippen molar-refractivity contribution < 1.29 is 4.42 Å². The Bertz CT molecular complexity index is 3080. The van der Waals surface area contributed by atoms with Crippen molar-refractivity contribution in [3.63, 3.8) is 0 Å². The molecule has 0 aliphatic rings. The third kappa shape index (κ3) is 4.15. The quantitative estimate of drug-likeness (QED) is 0.190. The molecule has 11 aromatic rings. The van der Waals surface area contributed by atoms with E-state index in [1.54, 1.807) is 0 Å². The number of fused-ring (bicyclic) bond motifs is 9. The van der Waals surface area contributed by atoms with Crippen LogP contribution in [0.15, 0.2) is 174 Å². The van der Waals surface area contributed by atoms with Crippen molar-refractivity contribution in [1.82, 2.24) is 19.1 Å². The molecule has 0 spiro atoms. The lowest BCUT2D eigenvalue weighted by Crippen LogP contribution is -1.97. The first-order valence-electron chi connectivity index (χ1n) is 17.2. The number of nitrogens with zero attached hydrogens (tertiary/aromatic N) is 4. The number of rotatable bonds is 4. The summed E-state index contributed by atoms with van der Waals surface area (Å²) in [5.74, 6) is 0.669. The van der Waals surface area contributed by atoms with Crippen molar-refractivity contribution in [1.29, 1.82) is 0 Å². The Morgan fingerprint density at radius 3 is 1.55 bits per heavy atom. The molecule has 0 amide bonds. The summed E-state index contributed by atoms with van der Waals surface area (Å²) in [4.78, 5) is 10.2. The third-order valence-electron chi connectivity index (χ3n) is 10.1. The maximum atomic E-state index is 6.59. The topological polar surface area (TPSA) is 48.8 Å². The molecule has 0 fully saturated rings. The van der Waals surface area contributed by atoms with E-state index in [2.05, 4.69) is 143 Å². The van der Waals surface area contributed by atoms with Crippen LogP contribution in [0.5, 0.6) is 0 Å². The van der Waals surface area contributed by atoms with E-state index < -0.39 is 0 Å². The van der Waals surface area contributed by atoms with Crippen molar-refractivity contribution in [2.24, 2.45) is 0 Å². The Labute approximate surface area is 292 Å². The Hall–Kier alpha value is -6.98. The fourth-order valence-electron chi connectivity index (χ4n) is 7.86. The number of benzene rings is 7. The number of furan rings is 1. The van der Waals surface area contributed by atoms with Gasteiger partial charge in [0, 0.05) is 49.4 Å². The van der Waals surface area contributed by atoms with Gasteiger partial charge in [0.05, 0.1) is 22.1 Å². The highest BCUT2D eigenvalue weighted by molar-refractivity contribution is 6.13. The fraction of sp³-hybridized carbons (Fsp3) is 0. The van der Waals surface area contributed by atoms with E-state index in [0.29, 0.717) is 11.4 Å². The smallest absolute Gasteiger partial charge is 0.180 e. The summed E-state index contributed by atoms with van der Waals surface area (Å²) in [7, 11) is 0. The molecule has 238 valence electrons. The molecule has 0 N–H and O–H groups in total. The van der Waals surface area contributed by atoms with Gasteiger partial charge in [-0.15, -0.1) is 0 Å². The molecule has 4 aromatic heterocycles. The van der Waals surface area contributed by atoms with Crippen LogP contribution in [0.2, 0.25) is 0 Å². The number of para-hydroxylation sites is 3. The van der Waals surface area contributed by atoms with Gasteiger partial charge in [-0.2, -0.15) is 0 Å². The Morgan fingerprint density at radius 1 is 0.392 bits per heavy atom. The first kappa shape index (κ1) is 27.9. The van der Waals surface area contributed by atoms with Crippen LogP contribution in [-0.2, 0) is 0 Å². The van der Waals surface area contributed by atoms with Crippen molar-refractivity contribution in [2.45, 2.75) is 0 Å². The lowest BCUT2D eigenvalue weighted by atomic mass is 10.1. The van der Waals surface area contributed by atoms with Gasteiger partial charge in [0.15, 0.2) is 11.4 Å². The maximum Gasteiger partial charge on any atom is 0.180 e. The molecule has 0 atom stereocenters. The van der Waals surface area contributed by atoms with Gasteiger partial charge in [0.25, 0.3) is 0 Å². The minimum atomic E-state index is 0.669. The standard InChI is InChI=1S/C46H28N4O/c1-3-13-29(14-4-1)43-45-44(48-46(47-43)30-15-5-2-6-16-30)37-27-31(24-26-42(37)51-45)50-40-22-12-9-19-35(40)36-25-23-32(28-41(36)50)49-38-20-10-7-17-33(38)34-18-8-11-21-39(34)49/h1-28H. The zero-order valence-corrected chi connectivity index (χ0v) is 27.4. The highest BCUT2D eigenvalue weighted by atomic mass is 16.3. The van der Waals surface area contributed by atoms with Gasteiger partial charge in [0.2, 0.25) is 0 Å². The Kier molecular flexibility index (Phi) is 5.89. The summed E-state index contributed by atoms with van der Waals surface area (Å²) in [6.07, 6.45) is 0. The van der Waals surface area contributed by atoms with Gasteiger partial charge in [-0.05, 0) is 48.5 Å². The van der Waals surface area contributed by atoms with E-state index in [1.807, 2.05) is 36.4 Å². The molecule has 5 heteroatoms. The zero-order valence-electron chi connectivity index (χ0n) is 27.4. The first-order valence-corrected chi connectivity index (χ1v) is 17.2. The highest BCUT2D eigenvalue weighted by Gasteiger charge is 2.21. The molecule has 11 rings (SSSR count). The van der Waals surface area contributed by atoms with Crippen LogP contribution in [0.25, 0.3) is 99.7 Å². The summed E-state index contributed by atoms with van der Waals surface area (Å²) in [5.41, 5.74) is 11.8. The van der Waals surface area contributed by atoms with Crippen LogP contribution in [0.3, 0.4) is 0 Å². The van der Waals surface area contributed by atoms with Gasteiger partial charge < -0.3 is 13.6 Å². The first-order chi connectivity index (χ1) is 25.3. The predicted octanol–water partition coefficient (Wildman–Crippen LogP) is 11.9. The molecular weight excluding hydrogens is 625 g/mol. The van der Waals surface area contributed by atoms with Crippen molar-refractivity contribution >= 4 is 65.7 Å². The number of hydrogen-bond acceptors (Lipinski definition) is 3. The minimum absolute atomic E-state index is 0.669. The lowest BCUT2D eigenvalue weighted by Gasteiger charge is -2.11. The van der Waals surface area contributed by atoms with E-state index >= 15 is 0 Å². The molecule has 0 saturated heterocycles. The molecule has 0 unspecified atom stereocenters. The molecule has 7 aromatic carbocycles. The zero-order chi connectivity index (χ0) is 33.5. The second-order valence-corrected chi connectivity index (χ2v) is 13.0. The van der Waals surface area contributed by atoms with E-state index in [1.165, 1.54) is 32.6 Å². The average Bonchev–Trinajstić information content (AvgIpc) is 3.85. The summed E-state index contributed by atoms with van der Waals surface area (Å²) < 4.78 is 11.3. The molecule has 0 saturated carbocycles. The van der Waals surface area contributed by atoms with Crippen molar-refractivity contribution in [2.75, 3.05) is 0 Å². The summed E-state index contributed by atoms with van der Waals surface area (Å²) in [6.45, 7) is 0. The largest absolute Gasteiger partial charge is 0.452 e. The highest BCUT2D eigenvalue weighted by Crippen LogP contribution is 2.40. The molecule has 5 nitrogen and oxygen atoms in total. The number of hydrogen-bond donors (Lipinski definition) is 0. The molecule has 4 heterocycles. The molecule has 0 aliphatic heterocycles. The van der Waals surface area contributed by atoms with E-state index in [-0.39, 0.29) is 0 Å². The summed E-state index contributed by atoms with van der Waals surface area (Å²) in [5, 5.41) is 5.85.